The number of carbonyl (C=O) groups is 1. The van der Waals surface area contributed by atoms with Gasteiger partial charge in [0.1, 0.15) is 5.75 Å². The molecule has 1 unspecified atom stereocenters. The molecule has 24 heavy (non-hydrogen) atoms. The van der Waals surface area contributed by atoms with E-state index < -0.39 is 11.0 Å². The monoisotopic (exact) mass is 328 g/mol. The highest BCUT2D eigenvalue weighted by atomic mass is 16.6. The summed E-state index contributed by atoms with van der Waals surface area (Å²) in [4.78, 5) is 22.5. The van der Waals surface area contributed by atoms with Crippen LogP contribution in [0.4, 0.5) is 11.4 Å². The maximum absolute atomic E-state index is 12.3. The predicted octanol–water partition coefficient (Wildman–Crippen LogP) is 3.93. The summed E-state index contributed by atoms with van der Waals surface area (Å²) in [6.07, 6.45) is -0.693. The number of benzene rings is 2. The Balaban J connectivity index is 2.06. The lowest BCUT2D eigenvalue weighted by molar-refractivity contribution is -0.384. The van der Waals surface area contributed by atoms with Crippen molar-refractivity contribution in [3.8, 4) is 5.75 Å². The molecule has 0 radical (unpaired) electrons. The molecule has 126 valence electrons. The van der Waals surface area contributed by atoms with Crippen LogP contribution in [-0.4, -0.2) is 16.9 Å². The van der Waals surface area contributed by atoms with Gasteiger partial charge in [-0.3, -0.25) is 14.9 Å². The first-order valence-corrected chi connectivity index (χ1v) is 7.57. The Hall–Kier alpha value is -2.89. The second kappa shape index (κ2) is 7.12. The Morgan fingerprint density at radius 2 is 1.79 bits per heavy atom. The number of nitro groups is 1. The van der Waals surface area contributed by atoms with E-state index >= 15 is 0 Å². The van der Waals surface area contributed by atoms with Crippen LogP contribution in [0.25, 0.3) is 0 Å². The lowest BCUT2D eigenvalue weighted by Gasteiger charge is -2.16. The van der Waals surface area contributed by atoms with Crippen molar-refractivity contribution in [3.05, 3.63) is 63.2 Å². The highest BCUT2D eigenvalue weighted by Gasteiger charge is 2.17. The number of hydrogen-bond acceptors (Lipinski definition) is 4. The molecule has 2 aromatic rings. The van der Waals surface area contributed by atoms with E-state index in [0.717, 1.165) is 11.1 Å². The van der Waals surface area contributed by atoms with Gasteiger partial charge in [0.25, 0.3) is 11.6 Å². The average Bonchev–Trinajstić information content (AvgIpc) is 2.52. The number of rotatable bonds is 5. The summed E-state index contributed by atoms with van der Waals surface area (Å²) in [5.74, 6) is 0.311. The normalized spacial score (nSPS) is 11.7. The van der Waals surface area contributed by atoms with Gasteiger partial charge >= 0.3 is 0 Å². The number of hydrogen-bond donors (Lipinski definition) is 1. The van der Waals surface area contributed by atoms with Crippen LogP contribution in [0, 0.1) is 30.9 Å². The molecule has 0 saturated heterocycles. The zero-order chi connectivity index (χ0) is 17.9. The number of nitro benzene ring substituents is 1. The van der Waals surface area contributed by atoms with Crippen LogP contribution in [-0.2, 0) is 4.79 Å². The fourth-order valence-corrected chi connectivity index (χ4v) is 2.18. The van der Waals surface area contributed by atoms with Crippen LogP contribution < -0.4 is 10.1 Å². The lowest BCUT2D eigenvalue weighted by Crippen LogP contribution is -2.30. The first-order valence-electron chi connectivity index (χ1n) is 7.57. The van der Waals surface area contributed by atoms with Crippen molar-refractivity contribution >= 4 is 17.3 Å². The van der Waals surface area contributed by atoms with Crippen LogP contribution in [0.2, 0.25) is 0 Å². The minimum absolute atomic E-state index is 0.00933. The first kappa shape index (κ1) is 17.5. The second-order valence-electron chi connectivity index (χ2n) is 5.75. The number of aryl methyl sites for hydroxylation is 3. The minimum Gasteiger partial charge on any atom is -0.481 e. The first-order chi connectivity index (χ1) is 11.3. The molecule has 0 aliphatic rings. The zero-order valence-corrected chi connectivity index (χ0v) is 14.1. The van der Waals surface area contributed by atoms with Crippen molar-refractivity contribution in [2.24, 2.45) is 0 Å². The molecule has 1 amide bonds. The second-order valence-corrected chi connectivity index (χ2v) is 5.75. The van der Waals surface area contributed by atoms with Gasteiger partial charge < -0.3 is 10.1 Å². The molecular weight excluding hydrogens is 308 g/mol. The molecule has 0 aromatic heterocycles. The summed E-state index contributed by atoms with van der Waals surface area (Å²) >= 11 is 0. The number of non-ortho nitro benzene ring substituents is 1. The molecule has 2 aromatic carbocycles. The van der Waals surface area contributed by atoms with E-state index in [1.54, 1.807) is 13.8 Å². The Kier molecular flexibility index (Phi) is 5.18. The Bertz CT molecular complexity index is 787. The third kappa shape index (κ3) is 4.10. The van der Waals surface area contributed by atoms with Gasteiger partial charge in [-0.15, -0.1) is 0 Å². The average molecular weight is 328 g/mol. The SMILES string of the molecule is Cc1ccc(OC(C)C(=O)Nc2ccc([N+](=O)[O-])cc2C)cc1C. The predicted molar refractivity (Wildman–Crippen MR) is 92.5 cm³/mol. The summed E-state index contributed by atoms with van der Waals surface area (Å²) in [6, 6.07) is 9.95. The molecule has 0 saturated carbocycles. The summed E-state index contributed by atoms with van der Waals surface area (Å²) in [7, 11) is 0. The highest BCUT2D eigenvalue weighted by molar-refractivity contribution is 5.94. The molecule has 0 fully saturated rings. The molecule has 1 N–H and O–H groups in total. The molecule has 0 aliphatic heterocycles. The van der Waals surface area contributed by atoms with Crippen molar-refractivity contribution in [3.63, 3.8) is 0 Å². The van der Waals surface area contributed by atoms with Crippen molar-refractivity contribution in [2.45, 2.75) is 33.8 Å². The molecule has 6 heteroatoms. The van der Waals surface area contributed by atoms with Gasteiger partial charge in [0, 0.05) is 17.8 Å². The van der Waals surface area contributed by atoms with Gasteiger partial charge in [-0.2, -0.15) is 0 Å². The molecular formula is C18H20N2O4. The minimum atomic E-state index is -0.693. The number of carbonyl (C=O) groups excluding carboxylic acids is 1. The summed E-state index contributed by atoms with van der Waals surface area (Å²) in [5, 5.41) is 13.5. The van der Waals surface area contributed by atoms with Crippen LogP contribution in [0.15, 0.2) is 36.4 Å². The molecule has 0 aliphatic carbocycles. The van der Waals surface area contributed by atoms with Gasteiger partial charge in [-0.25, -0.2) is 0 Å². The van der Waals surface area contributed by atoms with Crippen LogP contribution in [0.5, 0.6) is 5.75 Å². The number of ether oxygens (including phenoxy) is 1. The van der Waals surface area contributed by atoms with Crippen LogP contribution >= 0.6 is 0 Å². The van der Waals surface area contributed by atoms with E-state index in [4.69, 9.17) is 4.74 Å². The van der Waals surface area contributed by atoms with E-state index in [-0.39, 0.29) is 11.6 Å². The van der Waals surface area contributed by atoms with E-state index in [2.05, 4.69) is 5.32 Å². The summed E-state index contributed by atoms with van der Waals surface area (Å²) < 4.78 is 5.67. The van der Waals surface area contributed by atoms with Gasteiger partial charge in [0.2, 0.25) is 0 Å². The topological polar surface area (TPSA) is 81.5 Å². The van der Waals surface area contributed by atoms with Gasteiger partial charge in [-0.05, 0) is 62.6 Å². The third-order valence-electron chi connectivity index (χ3n) is 3.84. The van der Waals surface area contributed by atoms with Crippen molar-refractivity contribution in [1.82, 2.24) is 0 Å². The maximum atomic E-state index is 12.3. The summed E-state index contributed by atoms with van der Waals surface area (Å²) in [5.41, 5.74) is 3.38. The number of anilines is 1. The molecule has 0 heterocycles. The van der Waals surface area contributed by atoms with Gasteiger partial charge in [-0.1, -0.05) is 6.07 Å². The molecule has 0 bridgehead atoms. The lowest BCUT2D eigenvalue weighted by atomic mass is 10.1. The smallest absolute Gasteiger partial charge is 0.269 e. The van der Waals surface area contributed by atoms with E-state index in [0.29, 0.717) is 17.0 Å². The zero-order valence-electron chi connectivity index (χ0n) is 14.1. The quantitative estimate of drug-likeness (QED) is 0.666. The summed E-state index contributed by atoms with van der Waals surface area (Å²) in [6.45, 7) is 7.35. The van der Waals surface area contributed by atoms with Gasteiger partial charge in [0.15, 0.2) is 6.10 Å². The number of nitrogens with zero attached hydrogens (tertiary/aromatic N) is 1. The largest absolute Gasteiger partial charge is 0.481 e. The fraction of sp³-hybridized carbons (Fsp3) is 0.278. The van der Waals surface area contributed by atoms with Crippen molar-refractivity contribution in [2.75, 3.05) is 5.32 Å². The molecule has 6 nitrogen and oxygen atoms in total. The Morgan fingerprint density at radius 3 is 2.38 bits per heavy atom. The molecule has 0 spiro atoms. The molecule has 1 atom stereocenters. The van der Waals surface area contributed by atoms with E-state index in [1.165, 1.54) is 18.2 Å². The number of nitrogens with one attached hydrogen (secondary N) is 1. The van der Waals surface area contributed by atoms with Crippen molar-refractivity contribution < 1.29 is 14.5 Å². The van der Waals surface area contributed by atoms with Crippen LogP contribution in [0.3, 0.4) is 0 Å². The third-order valence-corrected chi connectivity index (χ3v) is 3.84. The Labute approximate surface area is 140 Å². The van der Waals surface area contributed by atoms with E-state index in [1.807, 2.05) is 32.0 Å². The fourth-order valence-electron chi connectivity index (χ4n) is 2.18. The van der Waals surface area contributed by atoms with Crippen molar-refractivity contribution in [1.29, 1.82) is 0 Å². The molecule has 2 rings (SSSR count). The van der Waals surface area contributed by atoms with E-state index in [9.17, 15) is 14.9 Å². The number of amides is 1. The Morgan fingerprint density at radius 1 is 1.08 bits per heavy atom. The maximum Gasteiger partial charge on any atom is 0.269 e. The highest BCUT2D eigenvalue weighted by Crippen LogP contribution is 2.22. The van der Waals surface area contributed by atoms with Crippen LogP contribution in [0.1, 0.15) is 23.6 Å². The van der Waals surface area contributed by atoms with Gasteiger partial charge in [0.05, 0.1) is 4.92 Å². The standard InChI is InChI=1S/C18H20N2O4/c1-11-5-7-16(10-12(11)2)24-14(4)18(21)19-17-8-6-15(20(22)23)9-13(17)3/h5-10,14H,1-4H3,(H,19,21).